The molecule has 0 saturated heterocycles. The van der Waals surface area contributed by atoms with Crippen LogP contribution >= 0.6 is 0 Å². The maximum atomic E-state index is 12.8. The Morgan fingerprint density at radius 3 is 2.16 bits per heavy atom. The lowest BCUT2D eigenvalue weighted by molar-refractivity contribution is 0.100. The smallest absolute Gasteiger partial charge is 0.280 e. The number of hydrogen-bond donors (Lipinski definition) is 2. The first-order valence-corrected chi connectivity index (χ1v) is 11.0. The molecule has 0 heterocycles. The lowest BCUT2D eigenvalue weighted by Gasteiger charge is -2.16. The number of carbonyl (C=O) groups is 1. The number of aryl methyl sites for hydroxylation is 1. The van der Waals surface area contributed by atoms with Gasteiger partial charge in [-0.1, -0.05) is 13.3 Å². The van der Waals surface area contributed by atoms with Crippen molar-refractivity contribution < 1.29 is 21.6 Å². The van der Waals surface area contributed by atoms with Gasteiger partial charge in [-0.25, -0.2) is 16.8 Å². The van der Waals surface area contributed by atoms with E-state index in [9.17, 15) is 21.6 Å². The summed E-state index contributed by atoms with van der Waals surface area (Å²) >= 11 is 0. The third-order valence-electron chi connectivity index (χ3n) is 3.68. The van der Waals surface area contributed by atoms with E-state index in [1.54, 1.807) is 0 Å². The molecule has 0 aliphatic heterocycles. The molecule has 1 atom stereocenters. The first-order valence-electron chi connectivity index (χ1n) is 7.54. The number of hydrogen-bond acceptors (Lipinski definition) is 5. The predicted octanol–water partition coefficient (Wildman–Crippen LogP) is 0.774. The Kier molecular flexibility index (Phi) is 6.35. The number of sulfone groups is 2. The van der Waals surface area contributed by atoms with Crippen LogP contribution in [0, 0.1) is 6.92 Å². The molecule has 25 heavy (non-hydrogen) atoms. The van der Waals surface area contributed by atoms with E-state index >= 15 is 0 Å². The molecule has 1 aromatic rings. The van der Waals surface area contributed by atoms with Gasteiger partial charge in [0.2, 0.25) is 0 Å². The largest absolute Gasteiger partial charge is 0.370 e. The Bertz CT molecular complexity index is 915. The third-order valence-corrected chi connectivity index (χ3v) is 7.19. The van der Waals surface area contributed by atoms with Crippen LogP contribution in [0.1, 0.15) is 42.6 Å². The van der Waals surface area contributed by atoms with Crippen LogP contribution in [0.15, 0.2) is 26.9 Å². The molecule has 8 nitrogen and oxygen atoms in total. The van der Waals surface area contributed by atoms with E-state index in [0.717, 1.165) is 12.3 Å². The minimum atomic E-state index is -3.91. The molecule has 0 spiro atoms. The monoisotopic (exact) mass is 389 g/mol. The Morgan fingerprint density at radius 1 is 1.16 bits per heavy atom. The van der Waals surface area contributed by atoms with Crippen LogP contribution in [0.5, 0.6) is 0 Å². The zero-order valence-corrected chi connectivity index (χ0v) is 16.2. The van der Waals surface area contributed by atoms with E-state index < -0.39 is 41.7 Å². The number of amides is 1. The normalized spacial score (nSPS) is 13.3. The van der Waals surface area contributed by atoms with Crippen molar-refractivity contribution in [2.24, 2.45) is 16.5 Å². The van der Waals surface area contributed by atoms with Gasteiger partial charge in [0.15, 0.2) is 25.6 Å². The standard InChI is InChI=1S/C15H23N3O5S2/c1-5-6-10(3)25(22,23)13-7-9(2)11(14(19)18-15(16)17)8-12(13)24(4,20)21/h7-8,10H,5-6H2,1-4H3,(H4,16,17,18,19). The lowest BCUT2D eigenvalue weighted by atomic mass is 10.1. The van der Waals surface area contributed by atoms with Crippen LogP contribution in [-0.4, -0.2) is 40.2 Å². The number of nitrogens with zero attached hydrogens (tertiary/aromatic N) is 1. The van der Waals surface area contributed by atoms with E-state index in [4.69, 9.17) is 11.5 Å². The fourth-order valence-electron chi connectivity index (χ4n) is 2.36. The summed E-state index contributed by atoms with van der Waals surface area (Å²) in [4.78, 5) is 14.7. The summed E-state index contributed by atoms with van der Waals surface area (Å²) < 4.78 is 49.8. The molecule has 140 valence electrons. The summed E-state index contributed by atoms with van der Waals surface area (Å²) in [6, 6.07) is 2.21. The highest BCUT2D eigenvalue weighted by molar-refractivity contribution is 7.94. The maximum Gasteiger partial charge on any atom is 0.280 e. The number of guanidine groups is 1. The minimum absolute atomic E-state index is 0.0732. The molecule has 10 heteroatoms. The molecule has 1 unspecified atom stereocenters. The molecule has 1 aromatic carbocycles. The third kappa shape index (κ3) is 4.79. The fraction of sp³-hybridized carbons (Fsp3) is 0.467. The van der Waals surface area contributed by atoms with Crippen molar-refractivity contribution in [3.05, 3.63) is 23.3 Å². The number of carbonyl (C=O) groups excluding carboxylic acids is 1. The van der Waals surface area contributed by atoms with E-state index in [-0.39, 0.29) is 16.0 Å². The van der Waals surface area contributed by atoms with Crippen LogP contribution in [0.25, 0.3) is 0 Å². The van der Waals surface area contributed by atoms with Gasteiger partial charge in [-0.15, -0.1) is 0 Å². The number of aliphatic imine (C=N–C) groups is 1. The highest BCUT2D eigenvalue weighted by atomic mass is 32.2. The summed E-state index contributed by atoms with van der Waals surface area (Å²) in [5, 5.41) is -0.753. The van der Waals surface area contributed by atoms with Crippen LogP contribution in [0.2, 0.25) is 0 Å². The van der Waals surface area contributed by atoms with Gasteiger partial charge in [0.1, 0.15) is 0 Å². The van der Waals surface area contributed by atoms with Crippen molar-refractivity contribution in [3.63, 3.8) is 0 Å². The SMILES string of the molecule is CCCC(C)S(=O)(=O)c1cc(C)c(C(=O)N=C(N)N)cc1S(C)(=O)=O. The molecular formula is C15H23N3O5S2. The minimum Gasteiger partial charge on any atom is -0.370 e. The molecule has 0 aliphatic carbocycles. The van der Waals surface area contributed by atoms with E-state index in [1.165, 1.54) is 19.9 Å². The van der Waals surface area contributed by atoms with Crippen molar-refractivity contribution in [1.29, 1.82) is 0 Å². The molecule has 0 aromatic heterocycles. The van der Waals surface area contributed by atoms with E-state index in [1.807, 2.05) is 6.92 Å². The lowest BCUT2D eigenvalue weighted by Crippen LogP contribution is -2.25. The number of rotatable bonds is 6. The summed E-state index contributed by atoms with van der Waals surface area (Å²) in [5.74, 6) is -1.31. The van der Waals surface area contributed by atoms with Crippen molar-refractivity contribution in [2.75, 3.05) is 6.26 Å². The van der Waals surface area contributed by atoms with Crippen molar-refractivity contribution in [2.45, 2.75) is 48.7 Å². The predicted molar refractivity (Wildman–Crippen MR) is 96.0 cm³/mol. The Labute approximate surface area is 148 Å². The van der Waals surface area contributed by atoms with Crippen molar-refractivity contribution in [1.82, 2.24) is 0 Å². The average Bonchev–Trinajstić information content (AvgIpc) is 2.44. The first kappa shape index (κ1) is 21.1. The topological polar surface area (TPSA) is 150 Å². The summed E-state index contributed by atoms with van der Waals surface area (Å²) in [6.07, 6.45) is 1.91. The molecule has 0 saturated carbocycles. The second-order valence-corrected chi connectivity index (χ2v) is 10.2. The molecular weight excluding hydrogens is 366 g/mol. The molecule has 0 fully saturated rings. The summed E-state index contributed by atoms with van der Waals surface area (Å²) in [5.41, 5.74) is 10.5. The van der Waals surface area contributed by atoms with Crippen molar-refractivity contribution >= 4 is 31.5 Å². The second-order valence-electron chi connectivity index (χ2n) is 5.87. The van der Waals surface area contributed by atoms with E-state index in [0.29, 0.717) is 12.8 Å². The van der Waals surface area contributed by atoms with Gasteiger partial charge >= 0.3 is 0 Å². The van der Waals surface area contributed by atoms with Crippen molar-refractivity contribution in [3.8, 4) is 0 Å². The molecule has 1 amide bonds. The van der Waals surface area contributed by atoms with Gasteiger partial charge < -0.3 is 11.5 Å². The second kappa shape index (κ2) is 7.52. The Hall–Kier alpha value is -1.94. The number of benzene rings is 1. The van der Waals surface area contributed by atoms with E-state index in [2.05, 4.69) is 4.99 Å². The molecule has 1 rings (SSSR count). The Morgan fingerprint density at radius 2 is 1.72 bits per heavy atom. The van der Waals surface area contributed by atoms with Crippen LogP contribution < -0.4 is 11.5 Å². The maximum absolute atomic E-state index is 12.8. The molecule has 0 radical (unpaired) electrons. The zero-order chi connectivity index (χ0) is 19.6. The van der Waals surface area contributed by atoms with Crippen LogP contribution in [0.4, 0.5) is 0 Å². The average molecular weight is 389 g/mol. The van der Waals surface area contributed by atoms with Gasteiger partial charge in [0.05, 0.1) is 15.0 Å². The highest BCUT2D eigenvalue weighted by Crippen LogP contribution is 2.29. The molecule has 0 aliphatic rings. The number of nitrogens with two attached hydrogens (primary N) is 2. The quantitative estimate of drug-likeness (QED) is 0.539. The molecule has 0 bridgehead atoms. The Balaban J connectivity index is 3.76. The zero-order valence-electron chi connectivity index (χ0n) is 14.6. The fourth-order valence-corrected chi connectivity index (χ4v) is 5.58. The van der Waals surface area contributed by atoms with Gasteiger partial charge in [-0.05, 0) is 38.0 Å². The molecule has 4 N–H and O–H groups in total. The summed E-state index contributed by atoms with van der Waals surface area (Å²) in [6.45, 7) is 4.86. The van der Waals surface area contributed by atoms with Crippen LogP contribution in [0.3, 0.4) is 0 Å². The summed E-state index contributed by atoms with van der Waals surface area (Å²) in [7, 11) is -7.79. The first-order chi connectivity index (χ1) is 11.3. The van der Waals surface area contributed by atoms with Gasteiger partial charge in [-0.3, -0.25) is 4.79 Å². The van der Waals surface area contributed by atoms with Gasteiger partial charge in [0, 0.05) is 11.8 Å². The van der Waals surface area contributed by atoms with Crippen LogP contribution in [-0.2, 0) is 19.7 Å². The highest BCUT2D eigenvalue weighted by Gasteiger charge is 2.30. The van der Waals surface area contributed by atoms with Gasteiger partial charge in [-0.2, -0.15) is 4.99 Å². The van der Waals surface area contributed by atoms with Gasteiger partial charge in [0.25, 0.3) is 5.91 Å².